The predicted octanol–water partition coefficient (Wildman–Crippen LogP) is 2.53. The van der Waals surface area contributed by atoms with Crippen molar-refractivity contribution in [3.8, 4) is 0 Å². The van der Waals surface area contributed by atoms with Crippen LogP contribution in [0.4, 0.5) is 4.39 Å². The number of carboxylic acid groups (broad SMARTS) is 1. The second-order valence-electron chi connectivity index (χ2n) is 5.42. The molecule has 0 spiro atoms. The van der Waals surface area contributed by atoms with Crippen molar-refractivity contribution in [3.63, 3.8) is 0 Å². The van der Waals surface area contributed by atoms with Gasteiger partial charge >= 0.3 is 5.97 Å². The van der Waals surface area contributed by atoms with Crippen LogP contribution in [0.3, 0.4) is 0 Å². The Morgan fingerprint density at radius 1 is 1.35 bits per heavy atom. The molecule has 1 rings (SSSR count). The molecule has 0 radical (unpaired) electrons. The minimum Gasteiger partial charge on any atom is -0.480 e. The van der Waals surface area contributed by atoms with E-state index in [2.05, 4.69) is 5.32 Å². The van der Waals surface area contributed by atoms with Crippen molar-refractivity contribution in [3.05, 3.63) is 30.1 Å². The molecule has 0 aliphatic heterocycles. The Balaban J connectivity index is 2.60. The highest BCUT2D eigenvalue weighted by molar-refractivity contribution is 8.00. The molecule has 0 fully saturated rings. The molecule has 2 N–H and O–H groups in total. The molecule has 0 aromatic heterocycles. The Morgan fingerprint density at radius 2 is 1.95 bits per heavy atom. The Labute approximate surface area is 121 Å². The summed E-state index contributed by atoms with van der Waals surface area (Å²) < 4.78 is 13.4. The van der Waals surface area contributed by atoms with E-state index in [1.807, 2.05) is 0 Å². The highest BCUT2D eigenvalue weighted by atomic mass is 32.2. The molecule has 0 aliphatic carbocycles. The molecule has 1 amide bonds. The van der Waals surface area contributed by atoms with Gasteiger partial charge in [-0.3, -0.25) is 4.79 Å². The minimum atomic E-state index is -1.08. The van der Waals surface area contributed by atoms with E-state index >= 15 is 0 Å². The highest BCUT2D eigenvalue weighted by Gasteiger charge is 2.32. The van der Waals surface area contributed by atoms with Crippen LogP contribution in [0.1, 0.15) is 20.8 Å². The van der Waals surface area contributed by atoms with Crippen molar-refractivity contribution < 1.29 is 19.1 Å². The summed E-state index contributed by atoms with van der Waals surface area (Å²) in [6.07, 6.45) is 0. The van der Waals surface area contributed by atoms with Crippen molar-refractivity contribution in [2.75, 3.05) is 5.75 Å². The van der Waals surface area contributed by atoms with Gasteiger partial charge < -0.3 is 10.4 Å². The molecule has 0 heterocycles. The van der Waals surface area contributed by atoms with Gasteiger partial charge in [-0.05, 0) is 17.5 Å². The maximum absolute atomic E-state index is 13.4. The Morgan fingerprint density at radius 3 is 2.45 bits per heavy atom. The normalized spacial score (nSPS) is 12.8. The standard InChI is InChI=1S/C14H18FNO3S/c1-14(2,3)12(13(18)19)16-11(17)8-20-10-7-5-4-6-9(10)15/h4-7,12H,8H2,1-3H3,(H,16,17)(H,18,19)/t12-/m1/s1. The van der Waals surface area contributed by atoms with Crippen molar-refractivity contribution in [1.29, 1.82) is 0 Å². The van der Waals surface area contributed by atoms with Gasteiger partial charge in [0.25, 0.3) is 0 Å². The van der Waals surface area contributed by atoms with Crippen LogP contribution < -0.4 is 5.32 Å². The lowest BCUT2D eigenvalue weighted by Gasteiger charge is -2.27. The lowest BCUT2D eigenvalue weighted by molar-refractivity contribution is -0.144. The van der Waals surface area contributed by atoms with Crippen LogP contribution in [0.2, 0.25) is 0 Å². The van der Waals surface area contributed by atoms with Crippen LogP contribution in [0.15, 0.2) is 29.2 Å². The van der Waals surface area contributed by atoms with Crippen molar-refractivity contribution in [2.24, 2.45) is 5.41 Å². The third kappa shape index (κ3) is 4.85. The van der Waals surface area contributed by atoms with Crippen LogP contribution in [0.25, 0.3) is 0 Å². The first-order chi connectivity index (χ1) is 9.21. The third-order valence-corrected chi connectivity index (χ3v) is 3.66. The highest BCUT2D eigenvalue weighted by Crippen LogP contribution is 2.22. The number of carbonyl (C=O) groups excluding carboxylic acids is 1. The average molecular weight is 299 g/mol. The summed E-state index contributed by atoms with van der Waals surface area (Å²) in [6.45, 7) is 5.20. The quantitative estimate of drug-likeness (QED) is 0.820. The molecule has 0 saturated carbocycles. The first-order valence-corrected chi connectivity index (χ1v) is 7.10. The summed E-state index contributed by atoms with van der Waals surface area (Å²) in [7, 11) is 0. The van der Waals surface area contributed by atoms with E-state index in [0.717, 1.165) is 11.8 Å². The maximum atomic E-state index is 13.4. The number of nitrogens with one attached hydrogen (secondary N) is 1. The molecule has 0 unspecified atom stereocenters. The lowest BCUT2D eigenvalue weighted by atomic mass is 9.87. The van der Waals surface area contributed by atoms with E-state index in [1.54, 1.807) is 39.0 Å². The monoisotopic (exact) mass is 299 g/mol. The largest absolute Gasteiger partial charge is 0.480 e. The van der Waals surface area contributed by atoms with Gasteiger partial charge in [-0.25, -0.2) is 9.18 Å². The number of carbonyl (C=O) groups is 2. The van der Waals surface area contributed by atoms with Crippen molar-refractivity contribution in [2.45, 2.75) is 31.7 Å². The minimum absolute atomic E-state index is 0.0270. The Bertz CT molecular complexity index is 499. The fraction of sp³-hybridized carbons (Fsp3) is 0.429. The SMILES string of the molecule is CC(C)(C)[C@H](NC(=O)CSc1ccccc1F)C(=O)O. The summed E-state index contributed by atoms with van der Waals surface area (Å²) in [6, 6.07) is 5.16. The van der Waals surface area contributed by atoms with Crippen molar-refractivity contribution in [1.82, 2.24) is 5.32 Å². The van der Waals surface area contributed by atoms with Crippen LogP contribution in [-0.2, 0) is 9.59 Å². The summed E-state index contributed by atoms with van der Waals surface area (Å²) in [5, 5.41) is 11.6. The van der Waals surface area contributed by atoms with Gasteiger partial charge in [0.05, 0.1) is 5.75 Å². The molecule has 4 nitrogen and oxygen atoms in total. The van der Waals surface area contributed by atoms with E-state index in [-0.39, 0.29) is 5.75 Å². The Kier molecular flexibility index (Phi) is 5.56. The molecule has 1 aromatic rings. The summed E-state index contributed by atoms with van der Waals surface area (Å²) in [4.78, 5) is 23.3. The molecular formula is C14H18FNO3S. The van der Waals surface area contributed by atoms with Gasteiger partial charge in [0.2, 0.25) is 5.91 Å². The number of carboxylic acids is 1. The topological polar surface area (TPSA) is 66.4 Å². The van der Waals surface area contributed by atoms with Gasteiger partial charge in [0.1, 0.15) is 11.9 Å². The van der Waals surface area contributed by atoms with Gasteiger partial charge in [0.15, 0.2) is 0 Å². The molecule has 0 saturated heterocycles. The van der Waals surface area contributed by atoms with Gasteiger partial charge in [0, 0.05) is 4.90 Å². The van der Waals surface area contributed by atoms with Crippen LogP contribution >= 0.6 is 11.8 Å². The molecule has 110 valence electrons. The fourth-order valence-corrected chi connectivity index (χ4v) is 2.31. The van der Waals surface area contributed by atoms with Gasteiger partial charge in [-0.15, -0.1) is 11.8 Å². The molecule has 1 aromatic carbocycles. The fourth-order valence-electron chi connectivity index (χ4n) is 1.56. The van der Waals surface area contributed by atoms with Crippen LogP contribution in [-0.4, -0.2) is 28.8 Å². The first kappa shape index (κ1) is 16.5. The van der Waals surface area contributed by atoms with Gasteiger partial charge in [-0.1, -0.05) is 32.9 Å². The molecule has 20 heavy (non-hydrogen) atoms. The number of amides is 1. The van der Waals surface area contributed by atoms with Crippen LogP contribution in [0, 0.1) is 11.2 Å². The predicted molar refractivity (Wildman–Crippen MR) is 76.1 cm³/mol. The molecular weight excluding hydrogens is 281 g/mol. The number of hydrogen-bond acceptors (Lipinski definition) is 3. The lowest BCUT2D eigenvalue weighted by Crippen LogP contribution is -2.49. The number of thioether (sulfide) groups is 1. The molecule has 0 aliphatic rings. The number of rotatable bonds is 5. The van der Waals surface area contributed by atoms with Crippen LogP contribution in [0.5, 0.6) is 0 Å². The van der Waals surface area contributed by atoms with Crippen molar-refractivity contribution >= 4 is 23.6 Å². The molecule has 6 heteroatoms. The number of halogens is 1. The van der Waals surface area contributed by atoms with E-state index < -0.39 is 29.2 Å². The number of benzene rings is 1. The number of aliphatic carboxylic acids is 1. The molecule has 1 atom stereocenters. The smallest absolute Gasteiger partial charge is 0.326 e. The van der Waals surface area contributed by atoms with E-state index in [4.69, 9.17) is 5.11 Å². The average Bonchev–Trinajstić information content (AvgIpc) is 2.33. The maximum Gasteiger partial charge on any atom is 0.326 e. The zero-order valence-electron chi connectivity index (χ0n) is 11.6. The van der Waals surface area contributed by atoms with Gasteiger partial charge in [-0.2, -0.15) is 0 Å². The Hall–Kier alpha value is -1.56. The zero-order valence-corrected chi connectivity index (χ0v) is 12.5. The summed E-state index contributed by atoms with van der Waals surface area (Å²) >= 11 is 1.04. The summed E-state index contributed by atoms with van der Waals surface area (Å²) in [5.41, 5.74) is -0.593. The second kappa shape index (κ2) is 6.74. The van der Waals surface area contributed by atoms with E-state index in [0.29, 0.717) is 4.90 Å². The summed E-state index contributed by atoms with van der Waals surface area (Å²) in [5.74, 6) is -1.93. The van der Waals surface area contributed by atoms with E-state index in [9.17, 15) is 14.0 Å². The molecule has 0 bridgehead atoms. The third-order valence-electron chi connectivity index (χ3n) is 2.61. The zero-order chi connectivity index (χ0) is 15.3. The first-order valence-electron chi connectivity index (χ1n) is 6.11. The van der Waals surface area contributed by atoms with E-state index in [1.165, 1.54) is 6.07 Å². The second-order valence-corrected chi connectivity index (χ2v) is 6.44. The number of hydrogen-bond donors (Lipinski definition) is 2.